The molecule has 0 amide bonds. The summed E-state index contributed by atoms with van der Waals surface area (Å²) < 4.78 is 5.93. The first-order valence-corrected chi connectivity index (χ1v) is 8.08. The Kier molecular flexibility index (Phi) is 13.5. The van der Waals surface area contributed by atoms with Gasteiger partial charge in [-0.1, -0.05) is 31.4 Å². The Balaban J connectivity index is 0.00000102. The number of terminal acetylenes is 1. The van der Waals surface area contributed by atoms with Gasteiger partial charge in [0.1, 0.15) is 5.75 Å². The van der Waals surface area contributed by atoms with Gasteiger partial charge in [0, 0.05) is 7.11 Å². The maximum absolute atomic E-state index is 7.00. The highest BCUT2D eigenvalue weighted by Gasteiger charge is 2.13. The van der Waals surface area contributed by atoms with Crippen LogP contribution < -0.4 is 10.5 Å². The van der Waals surface area contributed by atoms with Crippen LogP contribution in [-0.2, 0) is 6.42 Å². The second-order valence-corrected chi connectivity index (χ2v) is 5.35. The van der Waals surface area contributed by atoms with Crippen molar-refractivity contribution in [2.75, 3.05) is 20.3 Å². The fraction of sp³-hybridized carbons (Fsp3) is 0.579. The predicted octanol–water partition coefficient (Wildman–Crippen LogP) is 3.39. The maximum Gasteiger partial charge on any atom is 0.119 e. The van der Waals surface area contributed by atoms with E-state index in [-0.39, 0.29) is 0 Å². The summed E-state index contributed by atoms with van der Waals surface area (Å²) in [4.78, 5) is 0. The number of aliphatic hydroxyl groups is 1. The van der Waals surface area contributed by atoms with Gasteiger partial charge in [-0.3, -0.25) is 0 Å². The second-order valence-electron chi connectivity index (χ2n) is 5.35. The van der Waals surface area contributed by atoms with Crippen molar-refractivity contribution in [3.8, 4) is 18.6 Å². The lowest BCUT2D eigenvalue weighted by atomic mass is 9.90. The molecular formula is C19H31NO2. The average Bonchev–Trinajstić information content (AvgIpc) is 2.63. The first-order chi connectivity index (χ1) is 10.9. The smallest absolute Gasteiger partial charge is 0.119 e. The molecule has 0 saturated heterocycles. The highest BCUT2D eigenvalue weighted by atomic mass is 16.5. The van der Waals surface area contributed by atoms with E-state index in [1.807, 2.05) is 0 Å². The van der Waals surface area contributed by atoms with E-state index < -0.39 is 0 Å². The van der Waals surface area contributed by atoms with Crippen LogP contribution >= 0.6 is 0 Å². The normalized spacial score (nSPS) is 14.0. The van der Waals surface area contributed by atoms with Crippen molar-refractivity contribution < 1.29 is 9.84 Å². The molecule has 0 unspecified atom stereocenters. The van der Waals surface area contributed by atoms with E-state index in [1.165, 1.54) is 37.7 Å². The van der Waals surface area contributed by atoms with Crippen LogP contribution in [0.2, 0.25) is 0 Å². The molecule has 0 atom stereocenters. The van der Waals surface area contributed by atoms with Crippen LogP contribution in [0.15, 0.2) is 24.3 Å². The molecule has 0 aromatic heterocycles. The van der Waals surface area contributed by atoms with Crippen LogP contribution in [0, 0.1) is 18.8 Å². The van der Waals surface area contributed by atoms with E-state index >= 15 is 0 Å². The minimum atomic E-state index is 0.757. The summed E-state index contributed by atoms with van der Waals surface area (Å²) in [6, 6.07) is 8.47. The number of nitrogens with two attached hydrogens (primary N) is 1. The van der Waals surface area contributed by atoms with Crippen LogP contribution in [0.1, 0.15) is 44.1 Å². The van der Waals surface area contributed by atoms with Crippen molar-refractivity contribution >= 4 is 0 Å². The third kappa shape index (κ3) is 8.71. The molecule has 3 heteroatoms. The van der Waals surface area contributed by atoms with E-state index in [2.05, 4.69) is 37.1 Å². The molecule has 1 fully saturated rings. The zero-order chi connectivity index (χ0) is 16.6. The molecule has 22 heavy (non-hydrogen) atoms. The van der Waals surface area contributed by atoms with Crippen molar-refractivity contribution in [3.63, 3.8) is 0 Å². The summed E-state index contributed by atoms with van der Waals surface area (Å²) in [7, 11) is 1.00. The summed E-state index contributed by atoms with van der Waals surface area (Å²) >= 11 is 0. The van der Waals surface area contributed by atoms with Crippen molar-refractivity contribution in [1.29, 1.82) is 0 Å². The molecule has 124 valence electrons. The van der Waals surface area contributed by atoms with E-state index in [1.54, 1.807) is 0 Å². The zero-order valence-corrected chi connectivity index (χ0v) is 13.8. The second kappa shape index (κ2) is 14.4. The third-order valence-electron chi connectivity index (χ3n) is 3.78. The first kappa shape index (κ1) is 20.5. The number of ether oxygens (including phenoxy) is 1. The lowest BCUT2D eigenvalue weighted by Gasteiger charge is -2.21. The SMILES string of the molecule is C#C.CO.NCCCc1cccc(OCC2CCCCC2)c1. The number of hydrogen-bond acceptors (Lipinski definition) is 3. The molecule has 0 aliphatic heterocycles. The van der Waals surface area contributed by atoms with Gasteiger partial charge in [0.2, 0.25) is 0 Å². The average molecular weight is 305 g/mol. The standard InChI is InChI=1S/C16H25NO.C2H2.CH4O/c17-11-5-9-14-8-4-10-16(12-14)18-13-15-6-2-1-3-7-15;2*1-2/h4,8,10,12,15H,1-3,5-7,9,11,13,17H2;1-2H;2H,1H3. The molecule has 2 rings (SSSR count). The molecule has 1 saturated carbocycles. The van der Waals surface area contributed by atoms with Crippen LogP contribution in [0.4, 0.5) is 0 Å². The van der Waals surface area contributed by atoms with Gasteiger partial charge in [0.15, 0.2) is 0 Å². The van der Waals surface area contributed by atoms with Gasteiger partial charge in [-0.05, 0) is 55.8 Å². The predicted molar refractivity (Wildman–Crippen MR) is 93.9 cm³/mol. The van der Waals surface area contributed by atoms with Gasteiger partial charge in [-0.25, -0.2) is 0 Å². The van der Waals surface area contributed by atoms with Crippen LogP contribution in [0.25, 0.3) is 0 Å². The molecule has 3 N–H and O–H groups in total. The molecular weight excluding hydrogens is 274 g/mol. The number of hydrogen-bond donors (Lipinski definition) is 2. The topological polar surface area (TPSA) is 55.5 Å². The zero-order valence-electron chi connectivity index (χ0n) is 13.8. The molecule has 3 nitrogen and oxygen atoms in total. The third-order valence-corrected chi connectivity index (χ3v) is 3.78. The van der Waals surface area contributed by atoms with Crippen molar-refractivity contribution in [3.05, 3.63) is 29.8 Å². The van der Waals surface area contributed by atoms with E-state index in [0.29, 0.717) is 0 Å². The Hall–Kier alpha value is -1.50. The van der Waals surface area contributed by atoms with E-state index in [0.717, 1.165) is 44.8 Å². The van der Waals surface area contributed by atoms with E-state index in [9.17, 15) is 0 Å². The Bertz CT molecular complexity index is 384. The lowest BCUT2D eigenvalue weighted by Crippen LogP contribution is -2.15. The summed E-state index contributed by atoms with van der Waals surface area (Å²) in [5.74, 6) is 1.79. The molecule has 1 aromatic carbocycles. The number of aryl methyl sites for hydroxylation is 1. The van der Waals surface area contributed by atoms with Gasteiger partial charge in [-0.2, -0.15) is 0 Å². The van der Waals surface area contributed by atoms with Crippen LogP contribution in [-0.4, -0.2) is 25.4 Å². The Labute approximate surface area is 135 Å². The van der Waals surface area contributed by atoms with E-state index in [4.69, 9.17) is 15.6 Å². The number of aliphatic hydroxyl groups excluding tert-OH is 1. The van der Waals surface area contributed by atoms with Gasteiger partial charge < -0.3 is 15.6 Å². The van der Waals surface area contributed by atoms with Crippen molar-refractivity contribution in [2.45, 2.75) is 44.9 Å². The van der Waals surface area contributed by atoms with Gasteiger partial charge in [0.25, 0.3) is 0 Å². The Morgan fingerprint density at radius 1 is 1.18 bits per heavy atom. The van der Waals surface area contributed by atoms with Crippen LogP contribution in [0.5, 0.6) is 5.75 Å². The van der Waals surface area contributed by atoms with Gasteiger partial charge in [0.05, 0.1) is 6.61 Å². The van der Waals surface area contributed by atoms with Crippen molar-refractivity contribution in [1.82, 2.24) is 0 Å². The van der Waals surface area contributed by atoms with Crippen LogP contribution in [0.3, 0.4) is 0 Å². The molecule has 1 aromatic rings. The molecule has 0 radical (unpaired) electrons. The van der Waals surface area contributed by atoms with Crippen molar-refractivity contribution in [2.24, 2.45) is 11.7 Å². The molecule has 1 aliphatic carbocycles. The Morgan fingerprint density at radius 3 is 2.50 bits per heavy atom. The Morgan fingerprint density at radius 2 is 1.86 bits per heavy atom. The molecule has 1 aliphatic rings. The van der Waals surface area contributed by atoms with Gasteiger partial charge >= 0.3 is 0 Å². The number of benzene rings is 1. The minimum Gasteiger partial charge on any atom is -0.493 e. The minimum absolute atomic E-state index is 0.757. The summed E-state index contributed by atoms with van der Waals surface area (Å²) in [5, 5.41) is 7.00. The maximum atomic E-state index is 7.00. The summed E-state index contributed by atoms with van der Waals surface area (Å²) in [6.07, 6.45) is 16.9. The van der Waals surface area contributed by atoms with Gasteiger partial charge in [-0.15, -0.1) is 12.8 Å². The summed E-state index contributed by atoms with van der Waals surface area (Å²) in [6.45, 7) is 1.65. The molecule has 0 heterocycles. The fourth-order valence-corrected chi connectivity index (χ4v) is 2.66. The lowest BCUT2D eigenvalue weighted by molar-refractivity contribution is 0.208. The fourth-order valence-electron chi connectivity index (χ4n) is 2.66. The first-order valence-electron chi connectivity index (χ1n) is 8.08. The summed E-state index contributed by atoms with van der Waals surface area (Å²) in [5.41, 5.74) is 6.87. The molecule has 0 spiro atoms. The number of rotatable bonds is 6. The molecule has 0 bridgehead atoms. The largest absolute Gasteiger partial charge is 0.493 e. The highest BCUT2D eigenvalue weighted by Crippen LogP contribution is 2.25. The highest BCUT2D eigenvalue weighted by molar-refractivity contribution is 5.28. The monoisotopic (exact) mass is 305 g/mol. The quantitative estimate of drug-likeness (QED) is 0.792.